The van der Waals surface area contributed by atoms with Crippen molar-refractivity contribution < 1.29 is 27.2 Å². The highest BCUT2D eigenvalue weighted by atomic mass is 19.4. The van der Waals surface area contributed by atoms with Gasteiger partial charge in [-0.15, -0.1) is 0 Å². The minimum Gasteiger partial charge on any atom is -0.371 e. The number of hydrogen-bond donors (Lipinski definition) is 1. The van der Waals surface area contributed by atoms with E-state index in [1.165, 1.54) is 42.3 Å². The van der Waals surface area contributed by atoms with Crippen LogP contribution in [0.3, 0.4) is 0 Å². The van der Waals surface area contributed by atoms with Crippen molar-refractivity contribution in [3.05, 3.63) is 65.0 Å². The Morgan fingerprint density at radius 3 is 2.43 bits per heavy atom. The van der Waals surface area contributed by atoms with Gasteiger partial charge < -0.3 is 15.1 Å². The third-order valence-electron chi connectivity index (χ3n) is 7.16. The average molecular weight is 488 g/mol. The topological polar surface area (TPSA) is 76.4 Å². The number of nitrogens with zero attached hydrogens (tertiary/aromatic N) is 3. The summed E-state index contributed by atoms with van der Waals surface area (Å²) in [7, 11) is 1.52. The Balaban J connectivity index is 1.56. The number of hydrogen-bond acceptors (Lipinski definition) is 4. The summed E-state index contributed by atoms with van der Waals surface area (Å²) in [5, 5.41) is 11.7. The molecule has 2 aromatic carbocycles. The molecule has 6 nitrogen and oxygen atoms in total. The van der Waals surface area contributed by atoms with Crippen molar-refractivity contribution in [1.82, 2.24) is 10.2 Å². The van der Waals surface area contributed by atoms with Gasteiger partial charge in [0.1, 0.15) is 5.82 Å². The summed E-state index contributed by atoms with van der Waals surface area (Å²) < 4.78 is 54.5. The SMILES string of the molecule is CNC(=O)C1CN(C(=O)c2ccccc2F)CC12CCN(c1ccc(C#N)c(C(F)(F)F)c1)CC2. The van der Waals surface area contributed by atoms with Crippen LogP contribution in [0.2, 0.25) is 0 Å². The van der Waals surface area contributed by atoms with Gasteiger partial charge >= 0.3 is 6.18 Å². The lowest BCUT2D eigenvalue weighted by Gasteiger charge is -2.43. The second kappa shape index (κ2) is 9.21. The molecule has 2 amide bonds. The maximum absolute atomic E-state index is 14.2. The highest BCUT2D eigenvalue weighted by Gasteiger charge is 2.52. The molecule has 2 fully saturated rings. The number of halogens is 4. The molecule has 2 aliphatic heterocycles. The van der Waals surface area contributed by atoms with Crippen LogP contribution in [0.4, 0.5) is 23.2 Å². The van der Waals surface area contributed by atoms with Gasteiger partial charge in [0.15, 0.2) is 0 Å². The summed E-state index contributed by atoms with van der Waals surface area (Å²) >= 11 is 0. The number of carbonyl (C=O) groups is 2. The van der Waals surface area contributed by atoms with Gasteiger partial charge in [-0.05, 0) is 43.2 Å². The predicted molar refractivity (Wildman–Crippen MR) is 120 cm³/mol. The van der Waals surface area contributed by atoms with Gasteiger partial charge in [0, 0.05) is 44.3 Å². The third-order valence-corrected chi connectivity index (χ3v) is 7.16. The summed E-state index contributed by atoms with van der Waals surface area (Å²) in [6, 6.07) is 10.9. The van der Waals surface area contributed by atoms with Crippen molar-refractivity contribution in [3.63, 3.8) is 0 Å². The summed E-state index contributed by atoms with van der Waals surface area (Å²) in [6.07, 6.45) is -3.72. The zero-order chi connectivity index (χ0) is 25.4. The van der Waals surface area contributed by atoms with Crippen LogP contribution in [0.15, 0.2) is 42.5 Å². The predicted octanol–water partition coefficient (Wildman–Crippen LogP) is 3.82. The lowest BCUT2D eigenvalue weighted by atomic mass is 9.70. The molecule has 10 heteroatoms. The van der Waals surface area contributed by atoms with E-state index in [0.717, 1.165) is 6.07 Å². The number of carbonyl (C=O) groups excluding carboxylic acids is 2. The van der Waals surface area contributed by atoms with E-state index < -0.39 is 40.4 Å². The number of nitriles is 1. The summed E-state index contributed by atoms with van der Waals surface area (Å²) in [4.78, 5) is 29.1. The molecular weight excluding hydrogens is 464 g/mol. The molecule has 1 spiro atoms. The van der Waals surface area contributed by atoms with Gasteiger partial charge in [-0.2, -0.15) is 18.4 Å². The first kappa shape index (κ1) is 24.5. The second-order valence-corrected chi connectivity index (χ2v) is 9.02. The van der Waals surface area contributed by atoms with E-state index in [9.17, 15) is 27.2 Å². The first-order valence-electron chi connectivity index (χ1n) is 11.2. The van der Waals surface area contributed by atoms with E-state index in [0.29, 0.717) is 31.6 Å². The van der Waals surface area contributed by atoms with E-state index in [2.05, 4.69) is 5.32 Å². The van der Waals surface area contributed by atoms with Gasteiger partial charge in [-0.25, -0.2) is 4.39 Å². The maximum atomic E-state index is 14.2. The van der Waals surface area contributed by atoms with Crippen LogP contribution < -0.4 is 10.2 Å². The van der Waals surface area contributed by atoms with Gasteiger partial charge in [-0.1, -0.05) is 12.1 Å². The quantitative estimate of drug-likeness (QED) is 0.667. The fourth-order valence-corrected chi connectivity index (χ4v) is 5.24. The molecule has 184 valence electrons. The van der Waals surface area contributed by atoms with Crippen LogP contribution in [0.5, 0.6) is 0 Å². The monoisotopic (exact) mass is 488 g/mol. The molecule has 1 unspecified atom stereocenters. The van der Waals surface area contributed by atoms with Crippen molar-refractivity contribution in [1.29, 1.82) is 5.26 Å². The molecule has 0 bridgehead atoms. The van der Waals surface area contributed by atoms with Crippen LogP contribution in [0.25, 0.3) is 0 Å². The molecule has 2 heterocycles. The van der Waals surface area contributed by atoms with Crippen LogP contribution >= 0.6 is 0 Å². The molecule has 1 N–H and O–H groups in total. The Kier molecular flexibility index (Phi) is 6.45. The molecule has 0 radical (unpaired) electrons. The molecule has 1 atom stereocenters. The number of amides is 2. The van der Waals surface area contributed by atoms with Gasteiger partial charge in [0.25, 0.3) is 5.91 Å². The standard InChI is InChI=1S/C25H24F4N4O2/c1-31-22(34)20-14-33(23(35)18-4-2-3-5-21(18)26)15-24(20)8-10-32(11-9-24)17-7-6-16(13-30)19(12-17)25(27,28)29/h2-7,12,20H,8-11,14-15H2,1H3,(H,31,34). The number of piperidine rings is 1. The van der Waals surface area contributed by atoms with Crippen molar-refractivity contribution in [2.45, 2.75) is 19.0 Å². The van der Waals surface area contributed by atoms with Crippen molar-refractivity contribution in [2.75, 3.05) is 38.1 Å². The molecule has 2 aliphatic rings. The smallest absolute Gasteiger partial charge is 0.371 e. The zero-order valence-corrected chi connectivity index (χ0v) is 19.0. The minimum absolute atomic E-state index is 0.0603. The van der Waals surface area contributed by atoms with Crippen LogP contribution in [-0.4, -0.2) is 49.9 Å². The Morgan fingerprint density at radius 1 is 1.14 bits per heavy atom. The number of benzene rings is 2. The Morgan fingerprint density at radius 2 is 1.83 bits per heavy atom. The zero-order valence-electron chi connectivity index (χ0n) is 19.0. The molecule has 0 aliphatic carbocycles. The summed E-state index contributed by atoms with van der Waals surface area (Å²) in [5.41, 5.74) is -1.71. The Bertz CT molecular complexity index is 1180. The Labute approximate surface area is 200 Å². The highest BCUT2D eigenvalue weighted by molar-refractivity contribution is 5.95. The van der Waals surface area contributed by atoms with E-state index in [1.54, 1.807) is 17.0 Å². The molecule has 2 aromatic rings. The first-order valence-corrected chi connectivity index (χ1v) is 11.2. The average Bonchev–Trinajstić information content (AvgIpc) is 3.21. The number of likely N-dealkylation sites (tertiary alicyclic amines) is 1. The van der Waals surface area contributed by atoms with Crippen molar-refractivity contribution in [2.24, 2.45) is 11.3 Å². The van der Waals surface area contributed by atoms with Gasteiger partial charge in [-0.3, -0.25) is 9.59 Å². The number of anilines is 1. The van der Waals surface area contributed by atoms with E-state index in [1.807, 2.05) is 0 Å². The number of alkyl halides is 3. The number of rotatable bonds is 3. The van der Waals surface area contributed by atoms with E-state index in [4.69, 9.17) is 5.26 Å². The fourth-order valence-electron chi connectivity index (χ4n) is 5.24. The molecule has 0 saturated carbocycles. The highest BCUT2D eigenvalue weighted by Crippen LogP contribution is 2.46. The van der Waals surface area contributed by atoms with E-state index in [-0.39, 0.29) is 24.6 Å². The summed E-state index contributed by atoms with van der Waals surface area (Å²) in [5.74, 6) is -1.86. The van der Waals surface area contributed by atoms with Gasteiger partial charge in [0.05, 0.1) is 28.7 Å². The van der Waals surface area contributed by atoms with Crippen LogP contribution in [0, 0.1) is 28.5 Å². The fraction of sp³-hybridized carbons (Fsp3) is 0.400. The molecule has 2 saturated heterocycles. The molecule has 0 aromatic heterocycles. The molecule has 35 heavy (non-hydrogen) atoms. The minimum atomic E-state index is -4.65. The van der Waals surface area contributed by atoms with Crippen LogP contribution in [0.1, 0.15) is 34.3 Å². The lowest BCUT2D eigenvalue weighted by molar-refractivity contribution is -0.137. The lowest BCUT2D eigenvalue weighted by Crippen LogP contribution is -2.48. The normalized spacial score (nSPS) is 19.5. The largest absolute Gasteiger partial charge is 0.417 e. The van der Waals surface area contributed by atoms with E-state index >= 15 is 0 Å². The van der Waals surface area contributed by atoms with Crippen molar-refractivity contribution in [3.8, 4) is 6.07 Å². The van der Waals surface area contributed by atoms with Crippen LogP contribution in [-0.2, 0) is 11.0 Å². The number of nitrogens with one attached hydrogen (secondary N) is 1. The molecular formula is C25H24F4N4O2. The molecule has 4 rings (SSSR count). The second-order valence-electron chi connectivity index (χ2n) is 9.02. The summed E-state index contributed by atoms with van der Waals surface area (Å²) in [6.45, 7) is 1.14. The first-order chi connectivity index (χ1) is 16.6. The van der Waals surface area contributed by atoms with Gasteiger partial charge in [0.2, 0.25) is 5.91 Å². The van der Waals surface area contributed by atoms with Crippen molar-refractivity contribution >= 4 is 17.5 Å². The maximum Gasteiger partial charge on any atom is 0.417 e. The Hall–Kier alpha value is -3.61. The third kappa shape index (κ3) is 4.55.